The summed E-state index contributed by atoms with van der Waals surface area (Å²) in [6.07, 6.45) is 0. The number of aromatic nitrogens is 1. The van der Waals surface area contributed by atoms with Crippen molar-refractivity contribution in [1.29, 1.82) is 0 Å². The van der Waals surface area contributed by atoms with Crippen LogP contribution >= 0.6 is 11.3 Å². The molecule has 5 heteroatoms. The summed E-state index contributed by atoms with van der Waals surface area (Å²) in [5.41, 5.74) is 3.14. The first-order chi connectivity index (χ1) is 12.2. The number of hydrogen-bond acceptors (Lipinski definition) is 5. The van der Waals surface area contributed by atoms with Crippen molar-refractivity contribution in [2.75, 3.05) is 37.6 Å². The van der Waals surface area contributed by atoms with Crippen molar-refractivity contribution < 1.29 is 4.79 Å². The number of aryl methyl sites for hydroxylation is 1. The van der Waals surface area contributed by atoms with Gasteiger partial charge >= 0.3 is 0 Å². The van der Waals surface area contributed by atoms with Crippen molar-refractivity contribution in [1.82, 2.24) is 9.88 Å². The van der Waals surface area contributed by atoms with Crippen LogP contribution in [0.15, 0.2) is 48.5 Å². The molecule has 0 atom stereocenters. The van der Waals surface area contributed by atoms with Gasteiger partial charge in [0.25, 0.3) is 0 Å². The highest BCUT2D eigenvalue weighted by atomic mass is 32.1. The van der Waals surface area contributed by atoms with E-state index in [9.17, 15) is 4.79 Å². The molecule has 128 valence electrons. The number of anilines is 1. The molecule has 4 nitrogen and oxygen atoms in total. The molecule has 0 spiro atoms. The molecule has 2 aromatic carbocycles. The second-order valence-electron chi connectivity index (χ2n) is 6.52. The van der Waals surface area contributed by atoms with E-state index in [0.717, 1.165) is 42.4 Å². The van der Waals surface area contributed by atoms with E-state index in [-0.39, 0.29) is 5.78 Å². The fraction of sp³-hybridized carbons (Fsp3) is 0.300. The van der Waals surface area contributed by atoms with E-state index in [4.69, 9.17) is 4.98 Å². The van der Waals surface area contributed by atoms with Crippen LogP contribution in [0.25, 0.3) is 10.2 Å². The number of benzene rings is 2. The average Bonchev–Trinajstić information content (AvgIpc) is 3.06. The van der Waals surface area contributed by atoms with Crippen LogP contribution in [0.1, 0.15) is 15.9 Å². The SMILES string of the molecule is Cc1ccc2nc(N3CCN(CC(=O)c4ccccc4)CC3)sc2c1. The third-order valence-corrected chi connectivity index (χ3v) is 5.72. The van der Waals surface area contributed by atoms with Gasteiger partial charge in [0.1, 0.15) is 0 Å². The highest BCUT2D eigenvalue weighted by Gasteiger charge is 2.21. The van der Waals surface area contributed by atoms with E-state index >= 15 is 0 Å². The van der Waals surface area contributed by atoms with Crippen LogP contribution in [-0.4, -0.2) is 48.4 Å². The average molecular weight is 351 g/mol. The molecule has 0 saturated carbocycles. The number of carbonyl (C=O) groups is 1. The molecule has 0 aliphatic carbocycles. The molecular formula is C20H21N3OS. The molecule has 25 heavy (non-hydrogen) atoms. The van der Waals surface area contributed by atoms with E-state index in [1.54, 1.807) is 11.3 Å². The van der Waals surface area contributed by atoms with E-state index < -0.39 is 0 Å². The third-order valence-electron chi connectivity index (χ3n) is 4.64. The number of carbonyl (C=O) groups excluding carboxylic acids is 1. The predicted octanol–water partition coefficient (Wildman–Crippen LogP) is 3.61. The summed E-state index contributed by atoms with van der Waals surface area (Å²) >= 11 is 1.76. The summed E-state index contributed by atoms with van der Waals surface area (Å²) in [5, 5.41) is 1.09. The van der Waals surface area contributed by atoms with Crippen LogP contribution in [0.4, 0.5) is 5.13 Å². The lowest BCUT2D eigenvalue weighted by Crippen LogP contribution is -2.48. The molecule has 1 saturated heterocycles. The van der Waals surface area contributed by atoms with Gasteiger partial charge in [0.15, 0.2) is 10.9 Å². The minimum absolute atomic E-state index is 0.199. The van der Waals surface area contributed by atoms with Crippen LogP contribution in [0.3, 0.4) is 0 Å². The largest absolute Gasteiger partial charge is 0.345 e. The van der Waals surface area contributed by atoms with Crippen molar-refractivity contribution in [3.8, 4) is 0 Å². The Balaban J connectivity index is 1.38. The predicted molar refractivity (Wildman–Crippen MR) is 104 cm³/mol. The summed E-state index contributed by atoms with van der Waals surface area (Å²) in [6.45, 7) is 6.24. The Hall–Kier alpha value is -2.24. The first-order valence-electron chi connectivity index (χ1n) is 8.62. The zero-order chi connectivity index (χ0) is 17.2. The van der Waals surface area contributed by atoms with Gasteiger partial charge in [0.05, 0.1) is 16.8 Å². The quantitative estimate of drug-likeness (QED) is 0.673. The number of Topliss-reactive ketones (excluding diaryl/α,β-unsaturated/α-hetero) is 1. The lowest BCUT2D eigenvalue weighted by Gasteiger charge is -2.34. The van der Waals surface area contributed by atoms with Crippen molar-refractivity contribution in [3.05, 3.63) is 59.7 Å². The Kier molecular flexibility index (Phi) is 4.51. The minimum Gasteiger partial charge on any atom is -0.345 e. The van der Waals surface area contributed by atoms with Gasteiger partial charge in [0, 0.05) is 31.7 Å². The van der Waals surface area contributed by atoms with Crippen LogP contribution < -0.4 is 4.90 Å². The molecule has 0 radical (unpaired) electrons. The Morgan fingerprint density at radius 1 is 1.08 bits per heavy atom. The van der Waals surface area contributed by atoms with Gasteiger partial charge in [-0.2, -0.15) is 0 Å². The topological polar surface area (TPSA) is 36.4 Å². The van der Waals surface area contributed by atoms with Gasteiger partial charge in [-0.25, -0.2) is 4.98 Å². The smallest absolute Gasteiger partial charge is 0.186 e. The maximum atomic E-state index is 12.3. The normalized spacial score (nSPS) is 15.6. The third kappa shape index (κ3) is 3.57. The molecule has 0 amide bonds. The van der Waals surface area contributed by atoms with Crippen LogP contribution in [-0.2, 0) is 0 Å². The summed E-state index contributed by atoms with van der Waals surface area (Å²) in [6, 6.07) is 16.0. The van der Waals surface area contributed by atoms with Gasteiger partial charge in [-0.15, -0.1) is 0 Å². The molecule has 3 aromatic rings. The van der Waals surface area contributed by atoms with Gasteiger partial charge in [-0.05, 0) is 24.6 Å². The van der Waals surface area contributed by atoms with Crippen molar-refractivity contribution in [2.24, 2.45) is 0 Å². The lowest BCUT2D eigenvalue weighted by molar-refractivity contribution is 0.0926. The molecule has 0 N–H and O–H groups in total. The molecule has 1 aromatic heterocycles. The van der Waals surface area contributed by atoms with Crippen LogP contribution in [0.5, 0.6) is 0 Å². The number of piperazine rings is 1. The standard InChI is InChI=1S/C20H21N3OS/c1-15-7-8-17-19(13-15)25-20(21-17)23-11-9-22(10-12-23)14-18(24)16-5-3-2-4-6-16/h2-8,13H,9-12,14H2,1H3. The summed E-state index contributed by atoms with van der Waals surface area (Å²) in [7, 11) is 0. The summed E-state index contributed by atoms with van der Waals surface area (Å²) in [5.74, 6) is 0.199. The van der Waals surface area contributed by atoms with Crippen LogP contribution in [0.2, 0.25) is 0 Å². The fourth-order valence-electron chi connectivity index (χ4n) is 3.17. The molecule has 0 bridgehead atoms. The second-order valence-corrected chi connectivity index (χ2v) is 7.53. The Morgan fingerprint density at radius 3 is 2.60 bits per heavy atom. The molecule has 1 aliphatic heterocycles. The van der Waals surface area contributed by atoms with Gasteiger partial charge in [0.2, 0.25) is 0 Å². The number of rotatable bonds is 4. The van der Waals surface area contributed by atoms with E-state index in [2.05, 4.69) is 34.9 Å². The van der Waals surface area contributed by atoms with Crippen molar-refractivity contribution in [3.63, 3.8) is 0 Å². The summed E-state index contributed by atoms with van der Waals surface area (Å²) < 4.78 is 1.25. The fourth-order valence-corrected chi connectivity index (χ4v) is 4.29. The molecule has 0 unspecified atom stereocenters. The zero-order valence-electron chi connectivity index (χ0n) is 14.3. The first kappa shape index (κ1) is 16.2. The number of hydrogen-bond donors (Lipinski definition) is 0. The Morgan fingerprint density at radius 2 is 1.84 bits per heavy atom. The van der Waals surface area contributed by atoms with Gasteiger partial charge < -0.3 is 4.90 Å². The number of fused-ring (bicyclic) bond motifs is 1. The number of ketones is 1. The molecule has 1 aliphatic rings. The Labute approximate surface area is 151 Å². The molecule has 4 rings (SSSR count). The maximum Gasteiger partial charge on any atom is 0.186 e. The molecule has 1 fully saturated rings. The molecule has 2 heterocycles. The first-order valence-corrected chi connectivity index (χ1v) is 9.43. The van der Waals surface area contributed by atoms with Gasteiger partial charge in [-0.1, -0.05) is 47.7 Å². The van der Waals surface area contributed by atoms with Crippen LogP contribution in [0, 0.1) is 6.92 Å². The highest BCUT2D eigenvalue weighted by Crippen LogP contribution is 2.30. The van der Waals surface area contributed by atoms with E-state index in [1.165, 1.54) is 10.3 Å². The zero-order valence-corrected chi connectivity index (χ0v) is 15.1. The van der Waals surface area contributed by atoms with E-state index in [0.29, 0.717) is 6.54 Å². The number of nitrogens with zero attached hydrogens (tertiary/aromatic N) is 3. The minimum atomic E-state index is 0.199. The maximum absolute atomic E-state index is 12.3. The highest BCUT2D eigenvalue weighted by molar-refractivity contribution is 7.22. The number of thiazole rings is 1. The molecular weight excluding hydrogens is 330 g/mol. The van der Waals surface area contributed by atoms with Gasteiger partial charge in [-0.3, -0.25) is 9.69 Å². The van der Waals surface area contributed by atoms with Crippen molar-refractivity contribution >= 4 is 32.5 Å². The monoisotopic (exact) mass is 351 g/mol. The second kappa shape index (κ2) is 6.94. The lowest BCUT2D eigenvalue weighted by atomic mass is 10.1. The summed E-state index contributed by atoms with van der Waals surface area (Å²) in [4.78, 5) is 21.7. The Bertz CT molecular complexity index is 882. The van der Waals surface area contributed by atoms with Crippen molar-refractivity contribution in [2.45, 2.75) is 6.92 Å². The van der Waals surface area contributed by atoms with E-state index in [1.807, 2.05) is 30.3 Å².